The predicted molar refractivity (Wildman–Crippen MR) is 111 cm³/mol. The third kappa shape index (κ3) is 5.34. The van der Waals surface area contributed by atoms with Crippen LogP contribution in [0.5, 0.6) is 0 Å². The van der Waals surface area contributed by atoms with Crippen LogP contribution in [-0.2, 0) is 28.5 Å². The van der Waals surface area contributed by atoms with Gasteiger partial charge in [0.15, 0.2) is 0 Å². The lowest BCUT2D eigenvalue weighted by molar-refractivity contribution is -0.137. The molecule has 1 fully saturated rings. The average Bonchev–Trinajstić information content (AvgIpc) is 3.23. The molecule has 4 rings (SSSR count). The van der Waals surface area contributed by atoms with Crippen LogP contribution in [0, 0.1) is 0 Å². The molecule has 0 spiro atoms. The molecule has 0 saturated carbocycles. The minimum Gasteiger partial charge on any atom is -0.338 e. The minimum atomic E-state index is -4.46. The summed E-state index contributed by atoms with van der Waals surface area (Å²) in [5.74, 6) is 0.297. The molecule has 0 bridgehead atoms. The minimum absolute atomic E-state index is 0.0438. The number of piperazine rings is 1. The number of aromatic nitrogens is 2. The van der Waals surface area contributed by atoms with Crippen molar-refractivity contribution in [3.63, 3.8) is 0 Å². The van der Waals surface area contributed by atoms with Crippen LogP contribution >= 0.6 is 0 Å². The second-order valence-corrected chi connectivity index (χ2v) is 9.48. The van der Waals surface area contributed by atoms with E-state index in [9.17, 15) is 21.6 Å². The number of nitrogens with zero attached hydrogens (tertiary/aromatic N) is 4. The summed E-state index contributed by atoms with van der Waals surface area (Å²) in [6.07, 6.45) is -4.46. The molecule has 1 aliphatic rings. The van der Waals surface area contributed by atoms with Crippen molar-refractivity contribution in [1.82, 2.24) is 19.3 Å². The maximum absolute atomic E-state index is 12.9. The Labute approximate surface area is 183 Å². The molecule has 0 amide bonds. The van der Waals surface area contributed by atoms with Crippen molar-refractivity contribution < 1.29 is 26.1 Å². The largest absolute Gasteiger partial charge is 0.416 e. The highest BCUT2D eigenvalue weighted by Gasteiger charge is 2.31. The fourth-order valence-electron chi connectivity index (χ4n) is 3.50. The highest BCUT2D eigenvalue weighted by molar-refractivity contribution is 7.88. The van der Waals surface area contributed by atoms with Gasteiger partial charge >= 0.3 is 6.18 Å². The zero-order valence-electron chi connectivity index (χ0n) is 17.0. The summed E-state index contributed by atoms with van der Waals surface area (Å²) >= 11 is 0. The van der Waals surface area contributed by atoms with Gasteiger partial charge in [-0.25, -0.2) is 8.42 Å². The quantitative estimate of drug-likeness (QED) is 0.554. The fraction of sp³-hybridized carbons (Fsp3) is 0.333. The second-order valence-electron chi connectivity index (χ2n) is 7.51. The molecule has 0 N–H and O–H groups in total. The van der Waals surface area contributed by atoms with Gasteiger partial charge in [-0.1, -0.05) is 47.6 Å². The van der Waals surface area contributed by atoms with Gasteiger partial charge in [0.2, 0.25) is 21.7 Å². The van der Waals surface area contributed by atoms with Gasteiger partial charge in [-0.2, -0.15) is 22.5 Å². The molecule has 0 aliphatic carbocycles. The molecule has 7 nitrogen and oxygen atoms in total. The van der Waals surface area contributed by atoms with Crippen LogP contribution in [0.4, 0.5) is 13.2 Å². The highest BCUT2D eigenvalue weighted by atomic mass is 32.2. The maximum Gasteiger partial charge on any atom is 0.416 e. The number of alkyl halides is 3. The monoisotopic (exact) mass is 466 g/mol. The number of halogens is 3. The molecular weight excluding hydrogens is 445 g/mol. The van der Waals surface area contributed by atoms with Crippen LogP contribution in [-0.4, -0.2) is 53.9 Å². The lowest BCUT2D eigenvalue weighted by Crippen LogP contribution is -2.48. The van der Waals surface area contributed by atoms with E-state index < -0.39 is 21.8 Å². The van der Waals surface area contributed by atoms with Gasteiger partial charge in [0.05, 0.1) is 17.9 Å². The Morgan fingerprint density at radius 3 is 2.38 bits per heavy atom. The van der Waals surface area contributed by atoms with Crippen LogP contribution < -0.4 is 0 Å². The predicted octanol–water partition coefficient (Wildman–Crippen LogP) is 3.40. The zero-order chi connectivity index (χ0) is 22.8. The molecule has 2 heterocycles. The van der Waals surface area contributed by atoms with Crippen molar-refractivity contribution in [2.45, 2.75) is 18.5 Å². The van der Waals surface area contributed by atoms with Gasteiger partial charge in [-0.3, -0.25) is 4.90 Å². The molecule has 1 saturated heterocycles. The third-order valence-corrected chi connectivity index (χ3v) is 7.04. The Morgan fingerprint density at radius 2 is 1.69 bits per heavy atom. The van der Waals surface area contributed by atoms with Gasteiger partial charge < -0.3 is 4.52 Å². The smallest absolute Gasteiger partial charge is 0.338 e. The normalized spacial score (nSPS) is 16.3. The van der Waals surface area contributed by atoms with Crippen molar-refractivity contribution in [2.75, 3.05) is 26.2 Å². The molecule has 1 aliphatic heterocycles. The Morgan fingerprint density at radius 1 is 0.969 bits per heavy atom. The van der Waals surface area contributed by atoms with Crippen molar-refractivity contribution in [2.24, 2.45) is 0 Å². The van der Waals surface area contributed by atoms with Crippen molar-refractivity contribution in [1.29, 1.82) is 0 Å². The van der Waals surface area contributed by atoms with Crippen LogP contribution in [0.25, 0.3) is 11.4 Å². The number of benzene rings is 2. The van der Waals surface area contributed by atoms with E-state index in [0.29, 0.717) is 32.7 Å². The third-order valence-electron chi connectivity index (χ3n) is 5.19. The lowest BCUT2D eigenvalue weighted by Gasteiger charge is -2.33. The molecule has 0 unspecified atom stereocenters. The first-order valence-electron chi connectivity index (χ1n) is 9.95. The molecule has 3 aromatic rings. The molecule has 170 valence electrons. The first kappa shape index (κ1) is 22.4. The van der Waals surface area contributed by atoms with E-state index in [-0.39, 0.29) is 23.0 Å². The number of sulfonamides is 1. The SMILES string of the molecule is O=S(=O)(Cc1ccccc1)N1CCN(Cc2nc(-c3cccc(C(F)(F)F)c3)no2)CC1. The summed E-state index contributed by atoms with van der Waals surface area (Å²) < 4.78 is 70.8. The summed E-state index contributed by atoms with van der Waals surface area (Å²) in [5, 5.41) is 3.79. The average molecular weight is 466 g/mol. The zero-order valence-corrected chi connectivity index (χ0v) is 17.8. The van der Waals surface area contributed by atoms with E-state index in [1.54, 1.807) is 24.3 Å². The Hall–Kier alpha value is -2.76. The van der Waals surface area contributed by atoms with E-state index in [1.165, 1.54) is 16.4 Å². The summed E-state index contributed by atoms with van der Waals surface area (Å²) in [4.78, 5) is 6.17. The molecule has 0 radical (unpaired) electrons. The summed E-state index contributed by atoms with van der Waals surface area (Å²) in [6, 6.07) is 13.8. The Kier molecular flexibility index (Phi) is 6.31. The molecular formula is C21H21F3N4O3S. The Bertz CT molecular complexity index is 1160. The highest BCUT2D eigenvalue weighted by Crippen LogP contribution is 2.31. The van der Waals surface area contributed by atoms with Crippen LogP contribution in [0.15, 0.2) is 59.1 Å². The van der Waals surface area contributed by atoms with Gasteiger partial charge in [0.25, 0.3) is 0 Å². The van der Waals surface area contributed by atoms with E-state index in [0.717, 1.165) is 17.7 Å². The summed E-state index contributed by atoms with van der Waals surface area (Å²) in [7, 11) is -3.42. The van der Waals surface area contributed by atoms with E-state index in [4.69, 9.17) is 4.52 Å². The molecule has 1 aromatic heterocycles. The first-order chi connectivity index (χ1) is 15.2. The van der Waals surface area contributed by atoms with Crippen molar-refractivity contribution >= 4 is 10.0 Å². The Balaban J connectivity index is 1.35. The van der Waals surface area contributed by atoms with Gasteiger partial charge in [-0.15, -0.1) is 0 Å². The van der Waals surface area contributed by atoms with Crippen molar-refractivity contribution in [3.8, 4) is 11.4 Å². The number of hydrogen-bond donors (Lipinski definition) is 0. The molecule has 11 heteroatoms. The van der Waals surface area contributed by atoms with E-state index >= 15 is 0 Å². The van der Waals surface area contributed by atoms with E-state index in [2.05, 4.69) is 10.1 Å². The molecule has 2 aromatic carbocycles. The molecule has 0 atom stereocenters. The van der Waals surface area contributed by atoms with Crippen LogP contribution in [0.1, 0.15) is 17.0 Å². The fourth-order valence-corrected chi connectivity index (χ4v) is 5.02. The number of rotatable bonds is 6. The van der Waals surface area contributed by atoms with Gasteiger partial charge in [0, 0.05) is 31.7 Å². The van der Waals surface area contributed by atoms with Crippen LogP contribution in [0.2, 0.25) is 0 Å². The second kappa shape index (κ2) is 9.00. The topological polar surface area (TPSA) is 79.5 Å². The van der Waals surface area contributed by atoms with E-state index in [1.807, 2.05) is 11.0 Å². The number of hydrogen-bond acceptors (Lipinski definition) is 6. The summed E-state index contributed by atoms with van der Waals surface area (Å²) in [6.45, 7) is 1.93. The van der Waals surface area contributed by atoms with Crippen LogP contribution in [0.3, 0.4) is 0 Å². The lowest BCUT2D eigenvalue weighted by atomic mass is 10.1. The van der Waals surface area contributed by atoms with Crippen molar-refractivity contribution in [3.05, 3.63) is 71.6 Å². The molecule has 32 heavy (non-hydrogen) atoms. The maximum atomic E-state index is 12.9. The summed E-state index contributed by atoms with van der Waals surface area (Å²) in [5.41, 5.74) is 0.170. The standard InChI is InChI=1S/C21H21F3N4O3S/c22-21(23,24)18-8-4-7-17(13-18)20-25-19(31-26-20)14-27-9-11-28(12-10-27)32(29,30)15-16-5-2-1-3-6-16/h1-8,13H,9-12,14-15H2. The first-order valence-corrected chi connectivity index (χ1v) is 11.6. The van der Waals surface area contributed by atoms with Gasteiger partial charge in [0.1, 0.15) is 0 Å². The van der Waals surface area contributed by atoms with Gasteiger partial charge in [-0.05, 0) is 17.7 Å².